The minimum Gasteiger partial charge on any atom is -0.372 e. The maximum absolute atomic E-state index is 12.1. The molecular weight excluding hydrogens is 501 g/mol. The maximum Gasteiger partial charge on any atom is 0.220 e. The molecule has 1 aromatic carbocycles. The number of rotatable bonds is 9. The van der Waals surface area contributed by atoms with Crippen LogP contribution < -0.4 is 20.9 Å². The third-order valence-electron chi connectivity index (χ3n) is 6.19. The molecule has 1 aliphatic carbocycles. The highest BCUT2D eigenvalue weighted by Crippen LogP contribution is 2.27. The minimum atomic E-state index is 0. The molecule has 2 aliphatic rings. The van der Waals surface area contributed by atoms with Gasteiger partial charge in [-0.25, -0.2) is 0 Å². The molecule has 7 heteroatoms. The van der Waals surface area contributed by atoms with E-state index in [-0.39, 0.29) is 35.9 Å². The summed E-state index contributed by atoms with van der Waals surface area (Å²) in [5, 5.41) is 9.85. The molecule has 0 bridgehead atoms. The zero-order valence-electron chi connectivity index (χ0n) is 19.2. The predicted octanol–water partition coefficient (Wildman–Crippen LogP) is 4.22. The second kappa shape index (κ2) is 13.8. The number of anilines is 1. The fraction of sp³-hybridized carbons (Fsp3) is 0.667. The van der Waals surface area contributed by atoms with Crippen molar-refractivity contribution in [2.75, 3.05) is 37.6 Å². The van der Waals surface area contributed by atoms with Gasteiger partial charge in [0, 0.05) is 38.3 Å². The highest BCUT2D eigenvalue weighted by molar-refractivity contribution is 14.0. The molecule has 1 aliphatic heterocycles. The number of nitrogens with one attached hydrogen (secondary N) is 3. The van der Waals surface area contributed by atoms with E-state index < -0.39 is 0 Å². The zero-order valence-corrected chi connectivity index (χ0v) is 21.5. The van der Waals surface area contributed by atoms with Gasteiger partial charge < -0.3 is 20.9 Å². The van der Waals surface area contributed by atoms with Gasteiger partial charge in [-0.05, 0) is 63.1 Å². The van der Waals surface area contributed by atoms with Crippen LogP contribution in [-0.2, 0) is 4.79 Å². The van der Waals surface area contributed by atoms with Gasteiger partial charge in [0.15, 0.2) is 5.96 Å². The number of halogens is 1. The van der Waals surface area contributed by atoms with Crippen LogP contribution >= 0.6 is 24.0 Å². The molecule has 1 unspecified atom stereocenters. The Labute approximate surface area is 205 Å². The van der Waals surface area contributed by atoms with E-state index in [1.54, 1.807) is 0 Å². The largest absolute Gasteiger partial charge is 0.372 e. The predicted molar refractivity (Wildman–Crippen MR) is 140 cm³/mol. The van der Waals surface area contributed by atoms with Gasteiger partial charge in [-0.15, -0.1) is 24.0 Å². The molecule has 174 valence electrons. The van der Waals surface area contributed by atoms with E-state index in [0.717, 1.165) is 25.6 Å². The van der Waals surface area contributed by atoms with Gasteiger partial charge in [-0.1, -0.05) is 25.0 Å². The first kappa shape index (κ1) is 25.7. The first-order chi connectivity index (χ1) is 14.7. The molecule has 0 radical (unpaired) electrons. The van der Waals surface area contributed by atoms with Crippen molar-refractivity contribution in [3.05, 3.63) is 29.8 Å². The lowest BCUT2D eigenvalue weighted by Gasteiger charge is -2.22. The Bertz CT molecular complexity index is 699. The molecular formula is C24H40IN5O. The topological polar surface area (TPSA) is 68.8 Å². The lowest BCUT2D eigenvalue weighted by molar-refractivity contribution is -0.121. The number of guanidine groups is 1. The van der Waals surface area contributed by atoms with Crippen molar-refractivity contribution in [1.82, 2.24) is 16.0 Å². The molecule has 1 amide bonds. The van der Waals surface area contributed by atoms with Crippen LogP contribution in [0, 0.1) is 5.92 Å². The molecule has 0 aromatic heterocycles. The summed E-state index contributed by atoms with van der Waals surface area (Å²) >= 11 is 0. The van der Waals surface area contributed by atoms with Crippen LogP contribution in [-0.4, -0.2) is 44.6 Å². The first-order valence-corrected chi connectivity index (χ1v) is 11.8. The Balaban J connectivity index is 0.00000341. The van der Waals surface area contributed by atoms with Crippen LogP contribution in [0.5, 0.6) is 0 Å². The highest BCUT2D eigenvalue weighted by atomic mass is 127. The number of nitrogens with zero attached hydrogens (tertiary/aromatic N) is 2. The molecule has 3 rings (SSSR count). The summed E-state index contributed by atoms with van der Waals surface area (Å²) in [6.07, 6.45) is 8.21. The fourth-order valence-corrected chi connectivity index (χ4v) is 4.49. The SMILES string of the molecule is CCNC(=NCCNC(=O)CC1CCCC1)NC(C)c1cccc(N2CCCC2)c1.I. The van der Waals surface area contributed by atoms with E-state index in [2.05, 4.69) is 64.0 Å². The number of benzene rings is 1. The van der Waals surface area contributed by atoms with Crippen LogP contribution in [0.1, 0.15) is 70.4 Å². The quantitative estimate of drug-likeness (QED) is 0.190. The van der Waals surface area contributed by atoms with Crippen LogP contribution in [0.4, 0.5) is 5.69 Å². The van der Waals surface area contributed by atoms with E-state index >= 15 is 0 Å². The van der Waals surface area contributed by atoms with Crippen molar-refractivity contribution in [3.63, 3.8) is 0 Å². The Hall–Kier alpha value is -1.51. The van der Waals surface area contributed by atoms with Crippen molar-refractivity contribution >= 4 is 41.5 Å². The summed E-state index contributed by atoms with van der Waals surface area (Å²) in [5.74, 6) is 1.55. The zero-order chi connectivity index (χ0) is 21.2. The first-order valence-electron chi connectivity index (χ1n) is 11.8. The standard InChI is InChI=1S/C24H39N5O.HI/c1-3-25-24(27-14-13-26-23(30)17-20-9-4-5-10-20)28-19(2)21-11-8-12-22(18-21)29-15-6-7-16-29;/h8,11-12,18-20H,3-7,9-10,13-17H2,1-2H3,(H,26,30)(H2,25,27,28);1H. The molecule has 0 spiro atoms. The molecule has 1 saturated carbocycles. The van der Waals surface area contributed by atoms with Gasteiger partial charge >= 0.3 is 0 Å². The summed E-state index contributed by atoms with van der Waals surface area (Å²) in [6.45, 7) is 8.51. The highest BCUT2D eigenvalue weighted by Gasteiger charge is 2.18. The van der Waals surface area contributed by atoms with Crippen molar-refractivity contribution in [2.45, 2.75) is 64.8 Å². The molecule has 6 nitrogen and oxygen atoms in total. The molecule has 1 aromatic rings. The Kier molecular flexibility index (Phi) is 11.5. The average molecular weight is 542 g/mol. The number of hydrogen-bond acceptors (Lipinski definition) is 3. The Morgan fingerprint density at radius 3 is 2.61 bits per heavy atom. The second-order valence-corrected chi connectivity index (χ2v) is 8.62. The Morgan fingerprint density at radius 1 is 1.16 bits per heavy atom. The third-order valence-corrected chi connectivity index (χ3v) is 6.19. The van der Waals surface area contributed by atoms with Gasteiger partial charge in [-0.2, -0.15) is 0 Å². The summed E-state index contributed by atoms with van der Waals surface area (Å²) in [5.41, 5.74) is 2.57. The normalized spacial score (nSPS) is 17.9. The van der Waals surface area contributed by atoms with E-state index in [1.165, 1.54) is 49.8 Å². The fourth-order valence-electron chi connectivity index (χ4n) is 4.49. The molecule has 1 saturated heterocycles. The number of carbonyl (C=O) groups is 1. The lowest BCUT2D eigenvalue weighted by atomic mass is 10.0. The van der Waals surface area contributed by atoms with Crippen molar-refractivity contribution < 1.29 is 4.79 Å². The molecule has 2 fully saturated rings. The summed E-state index contributed by atoms with van der Waals surface area (Å²) < 4.78 is 0. The van der Waals surface area contributed by atoms with E-state index in [9.17, 15) is 4.79 Å². The van der Waals surface area contributed by atoms with Crippen molar-refractivity contribution in [1.29, 1.82) is 0 Å². The number of carbonyl (C=O) groups excluding carboxylic acids is 1. The molecule has 1 atom stereocenters. The van der Waals surface area contributed by atoms with E-state index in [0.29, 0.717) is 25.4 Å². The van der Waals surface area contributed by atoms with Crippen LogP contribution in [0.3, 0.4) is 0 Å². The molecule has 31 heavy (non-hydrogen) atoms. The summed E-state index contributed by atoms with van der Waals surface area (Å²) in [7, 11) is 0. The van der Waals surface area contributed by atoms with E-state index in [4.69, 9.17) is 0 Å². The van der Waals surface area contributed by atoms with Crippen LogP contribution in [0.15, 0.2) is 29.3 Å². The van der Waals surface area contributed by atoms with Crippen molar-refractivity contribution in [3.8, 4) is 0 Å². The van der Waals surface area contributed by atoms with Crippen molar-refractivity contribution in [2.24, 2.45) is 10.9 Å². The molecule has 1 heterocycles. The number of hydrogen-bond donors (Lipinski definition) is 3. The summed E-state index contributed by atoms with van der Waals surface area (Å²) in [6, 6.07) is 8.96. The second-order valence-electron chi connectivity index (χ2n) is 8.62. The Morgan fingerprint density at radius 2 is 1.90 bits per heavy atom. The maximum atomic E-state index is 12.1. The van der Waals surface area contributed by atoms with Gasteiger partial charge in [0.25, 0.3) is 0 Å². The average Bonchev–Trinajstić information content (AvgIpc) is 3.45. The number of amides is 1. The lowest BCUT2D eigenvalue weighted by Crippen LogP contribution is -2.39. The summed E-state index contributed by atoms with van der Waals surface area (Å²) in [4.78, 5) is 19.2. The van der Waals surface area contributed by atoms with E-state index in [1.807, 2.05) is 0 Å². The molecule has 3 N–H and O–H groups in total. The van der Waals surface area contributed by atoms with Crippen LogP contribution in [0.25, 0.3) is 0 Å². The third kappa shape index (κ3) is 8.50. The van der Waals surface area contributed by atoms with Gasteiger partial charge in [-0.3, -0.25) is 9.79 Å². The van der Waals surface area contributed by atoms with Gasteiger partial charge in [0.2, 0.25) is 5.91 Å². The smallest absolute Gasteiger partial charge is 0.220 e. The number of aliphatic imine (C=N–C) groups is 1. The van der Waals surface area contributed by atoms with Crippen LogP contribution in [0.2, 0.25) is 0 Å². The van der Waals surface area contributed by atoms with Gasteiger partial charge in [0.05, 0.1) is 12.6 Å². The van der Waals surface area contributed by atoms with Gasteiger partial charge in [0.1, 0.15) is 0 Å². The monoisotopic (exact) mass is 541 g/mol. The minimum absolute atomic E-state index is 0.